The van der Waals surface area contributed by atoms with Crippen LogP contribution in [0.5, 0.6) is 0 Å². The van der Waals surface area contributed by atoms with E-state index >= 15 is 0 Å². The Balaban J connectivity index is 1.60. The number of likely N-dealkylation sites (tertiary alicyclic amines) is 1. The fourth-order valence-electron chi connectivity index (χ4n) is 3.17. The Morgan fingerprint density at radius 2 is 2.03 bits per heavy atom. The van der Waals surface area contributed by atoms with Crippen molar-refractivity contribution in [3.05, 3.63) is 28.8 Å². The molecule has 3 rings (SSSR count). The molecule has 0 aliphatic carbocycles. The summed E-state index contributed by atoms with van der Waals surface area (Å²) in [5.41, 5.74) is -0.569. The number of aromatic nitrogens is 2. The van der Waals surface area contributed by atoms with Crippen LogP contribution in [0, 0.1) is 6.92 Å². The molecule has 156 valence electrons. The normalized spacial score (nSPS) is 16.9. The number of H-pyrrole nitrogens is 1. The zero-order chi connectivity index (χ0) is 21.2. The number of hydrogen-bond donors (Lipinski definition) is 3. The minimum Gasteiger partial charge on any atom is -0.467 e. The van der Waals surface area contributed by atoms with Crippen LogP contribution in [0.1, 0.15) is 35.1 Å². The third kappa shape index (κ3) is 4.48. The zero-order valence-corrected chi connectivity index (χ0v) is 17.3. The molecule has 3 N–H and O–H groups in total. The van der Waals surface area contributed by atoms with E-state index in [1.807, 2.05) is 19.1 Å². The number of thiophene rings is 1. The molecular weight excluding hydrogens is 396 g/mol. The number of aliphatic hydroxyl groups is 1. The van der Waals surface area contributed by atoms with Gasteiger partial charge in [0.05, 0.1) is 17.7 Å². The molecule has 2 aromatic rings. The van der Waals surface area contributed by atoms with Crippen molar-refractivity contribution in [3.63, 3.8) is 0 Å². The van der Waals surface area contributed by atoms with Gasteiger partial charge >= 0.3 is 5.97 Å². The third-order valence-corrected chi connectivity index (χ3v) is 6.04. The van der Waals surface area contributed by atoms with Crippen molar-refractivity contribution in [2.45, 2.75) is 38.3 Å². The van der Waals surface area contributed by atoms with E-state index in [1.54, 1.807) is 22.3 Å². The molecule has 29 heavy (non-hydrogen) atoms. The van der Waals surface area contributed by atoms with E-state index in [9.17, 15) is 19.5 Å². The lowest BCUT2D eigenvalue weighted by atomic mass is 9.90. The Labute approximate surface area is 172 Å². The average Bonchev–Trinajstić information content (AvgIpc) is 3.36. The molecule has 0 radical (unpaired) electrons. The maximum atomic E-state index is 12.7. The van der Waals surface area contributed by atoms with Crippen LogP contribution in [-0.4, -0.2) is 69.8 Å². The van der Waals surface area contributed by atoms with Gasteiger partial charge in [0, 0.05) is 30.8 Å². The van der Waals surface area contributed by atoms with Crippen LogP contribution in [0.25, 0.3) is 10.6 Å². The topological polar surface area (TPSA) is 125 Å². The third-order valence-electron chi connectivity index (χ3n) is 5.01. The molecule has 3 heterocycles. The summed E-state index contributed by atoms with van der Waals surface area (Å²) in [6.45, 7) is 3.90. The summed E-state index contributed by atoms with van der Waals surface area (Å²) in [5.74, 6) is -1.49. The molecule has 1 aliphatic heterocycles. The smallest absolute Gasteiger partial charge is 0.328 e. The number of piperidine rings is 1. The number of aryl methyl sites for hydroxylation is 1. The van der Waals surface area contributed by atoms with Gasteiger partial charge in [-0.1, -0.05) is 0 Å². The van der Waals surface area contributed by atoms with Crippen molar-refractivity contribution in [1.82, 2.24) is 20.4 Å². The molecule has 1 fully saturated rings. The first-order chi connectivity index (χ1) is 13.7. The van der Waals surface area contributed by atoms with Gasteiger partial charge in [-0.3, -0.25) is 14.7 Å². The molecule has 0 saturated carbocycles. The summed E-state index contributed by atoms with van der Waals surface area (Å²) in [4.78, 5) is 40.3. The van der Waals surface area contributed by atoms with E-state index < -0.39 is 23.5 Å². The van der Waals surface area contributed by atoms with Crippen LogP contribution in [0.2, 0.25) is 0 Å². The zero-order valence-electron chi connectivity index (χ0n) is 16.5. The Morgan fingerprint density at radius 3 is 2.62 bits per heavy atom. The molecule has 1 aliphatic rings. The number of esters is 1. The molecule has 2 amide bonds. The SMILES string of the molecule is COC(=O)[C@H](C)NC(=O)C1(O)CCN(C(=O)c2cc(-c3ccc(C)s3)[nH]n2)CC1. The van der Waals surface area contributed by atoms with Crippen LogP contribution in [0.4, 0.5) is 0 Å². The first kappa shape index (κ1) is 21.0. The lowest BCUT2D eigenvalue weighted by Crippen LogP contribution is -2.57. The molecule has 0 aromatic carbocycles. The number of ether oxygens (including phenoxy) is 1. The Morgan fingerprint density at radius 1 is 1.34 bits per heavy atom. The molecule has 0 bridgehead atoms. The highest BCUT2D eigenvalue weighted by Crippen LogP contribution is 2.28. The van der Waals surface area contributed by atoms with Gasteiger partial charge in [0.2, 0.25) is 0 Å². The number of methoxy groups -OCH3 is 1. The average molecular weight is 420 g/mol. The fraction of sp³-hybridized carbons (Fsp3) is 0.474. The van der Waals surface area contributed by atoms with Crippen LogP contribution in [0.15, 0.2) is 18.2 Å². The molecule has 1 atom stereocenters. The van der Waals surface area contributed by atoms with Crippen molar-refractivity contribution < 1.29 is 24.2 Å². The van der Waals surface area contributed by atoms with Gasteiger partial charge in [-0.05, 0) is 32.0 Å². The highest BCUT2D eigenvalue weighted by molar-refractivity contribution is 7.15. The van der Waals surface area contributed by atoms with Crippen LogP contribution in [-0.2, 0) is 14.3 Å². The lowest BCUT2D eigenvalue weighted by Gasteiger charge is -2.37. The van der Waals surface area contributed by atoms with Crippen LogP contribution in [0.3, 0.4) is 0 Å². The van der Waals surface area contributed by atoms with E-state index in [0.29, 0.717) is 5.69 Å². The van der Waals surface area contributed by atoms with E-state index in [1.165, 1.54) is 14.0 Å². The number of amides is 2. The first-order valence-electron chi connectivity index (χ1n) is 9.26. The molecular formula is C19H24N4O5S. The van der Waals surface area contributed by atoms with Gasteiger partial charge in [-0.2, -0.15) is 5.10 Å². The minimum absolute atomic E-state index is 0.0693. The van der Waals surface area contributed by atoms with Crippen LogP contribution >= 0.6 is 11.3 Å². The second kappa shape index (κ2) is 8.34. The van der Waals surface area contributed by atoms with E-state index in [4.69, 9.17) is 0 Å². The monoisotopic (exact) mass is 420 g/mol. The van der Waals surface area contributed by atoms with Gasteiger partial charge in [-0.25, -0.2) is 4.79 Å². The van der Waals surface area contributed by atoms with Gasteiger partial charge in [0.1, 0.15) is 11.6 Å². The van der Waals surface area contributed by atoms with E-state index in [0.717, 1.165) is 15.4 Å². The maximum absolute atomic E-state index is 12.7. The van der Waals surface area contributed by atoms with Crippen molar-refractivity contribution >= 4 is 29.1 Å². The summed E-state index contributed by atoms with van der Waals surface area (Å²) in [5, 5.41) is 20.1. The van der Waals surface area contributed by atoms with Crippen molar-refractivity contribution in [3.8, 4) is 10.6 Å². The largest absolute Gasteiger partial charge is 0.467 e. The lowest BCUT2D eigenvalue weighted by molar-refractivity contribution is -0.151. The van der Waals surface area contributed by atoms with Gasteiger partial charge < -0.3 is 20.1 Å². The second-order valence-corrected chi connectivity index (χ2v) is 8.41. The Kier molecular flexibility index (Phi) is 6.04. The number of rotatable bonds is 5. The van der Waals surface area contributed by atoms with Crippen molar-refractivity contribution in [1.29, 1.82) is 0 Å². The summed E-state index contributed by atoms with van der Waals surface area (Å²) >= 11 is 1.61. The minimum atomic E-state index is -1.63. The number of carbonyl (C=O) groups excluding carboxylic acids is 3. The van der Waals surface area contributed by atoms with Gasteiger partial charge in [0.15, 0.2) is 5.69 Å². The Hall–Kier alpha value is -2.72. The summed E-state index contributed by atoms with van der Waals surface area (Å²) < 4.78 is 4.57. The fourth-order valence-corrected chi connectivity index (χ4v) is 4.01. The Bertz CT molecular complexity index is 913. The highest BCUT2D eigenvalue weighted by Gasteiger charge is 2.41. The van der Waals surface area contributed by atoms with Gasteiger partial charge in [0.25, 0.3) is 11.8 Å². The number of nitrogens with zero attached hydrogens (tertiary/aromatic N) is 2. The van der Waals surface area contributed by atoms with Crippen molar-refractivity contribution in [2.75, 3.05) is 20.2 Å². The van der Waals surface area contributed by atoms with Crippen molar-refractivity contribution in [2.24, 2.45) is 0 Å². The van der Waals surface area contributed by atoms with Gasteiger partial charge in [-0.15, -0.1) is 11.3 Å². The summed E-state index contributed by atoms with van der Waals surface area (Å²) in [6, 6.07) is 4.81. The molecule has 0 spiro atoms. The highest BCUT2D eigenvalue weighted by atomic mass is 32.1. The predicted molar refractivity (Wildman–Crippen MR) is 106 cm³/mol. The summed E-state index contributed by atoms with van der Waals surface area (Å²) in [7, 11) is 1.23. The molecule has 1 saturated heterocycles. The molecule has 2 aromatic heterocycles. The maximum Gasteiger partial charge on any atom is 0.328 e. The van der Waals surface area contributed by atoms with E-state index in [-0.39, 0.29) is 31.8 Å². The van der Waals surface area contributed by atoms with E-state index in [2.05, 4.69) is 20.3 Å². The molecule has 10 heteroatoms. The number of hydrogen-bond acceptors (Lipinski definition) is 7. The predicted octanol–water partition coefficient (Wildman–Crippen LogP) is 1.09. The number of carbonyl (C=O) groups is 3. The number of nitrogens with one attached hydrogen (secondary N) is 2. The quantitative estimate of drug-likeness (QED) is 0.622. The number of aromatic amines is 1. The van der Waals surface area contributed by atoms with Crippen LogP contribution < -0.4 is 5.32 Å². The standard InChI is InChI=1S/C19H24N4O5S/c1-11-4-5-15(29-11)13-10-14(22-21-13)16(24)23-8-6-19(27,7-9-23)18(26)20-12(2)17(25)28-3/h4-5,10,12,27H,6-9H2,1-3H3,(H,20,26)(H,21,22)/t12-/m0/s1. The second-order valence-electron chi connectivity index (χ2n) is 7.12. The first-order valence-corrected chi connectivity index (χ1v) is 10.1. The summed E-state index contributed by atoms with van der Waals surface area (Å²) in [6.07, 6.45) is 0.139. The molecule has 0 unspecified atom stereocenters. The molecule has 9 nitrogen and oxygen atoms in total.